The van der Waals surface area contributed by atoms with Crippen molar-refractivity contribution in [2.24, 2.45) is 0 Å². The Balaban J connectivity index is 1.88. The first kappa shape index (κ1) is 20.1. The van der Waals surface area contributed by atoms with Crippen LogP contribution in [0.1, 0.15) is 11.1 Å². The summed E-state index contributed by atoms with van der Waals surface area (Å²) in [5, 5.41) is 11.4. The minimum Gasteiger partial charge on any atom is -0.496 e. The first-order chi connectivity index (χ1) is 14.5. The van der Waals surface area contributed by atoms with Gasteiger partial charge < -0.3 is 13.9 Å². The van der Waals surface area contributed by atoms with Crippen molar-refractivity contribution in [3.63, 3.8) is 0 Å². The minimum absolute atomic E-state index is 0.0192. The van der Waals surface area contributed by atoms with E-state index >= 15 is 0 Å². The highest BCUT2D eigenvalue weighted by molar-refractivity contribution is 5.85. The van der Waals surface area contributed by atoms with Gasteiger partial charge in [-0.25, -0.2) is 0 Å². The van der Waals surface area contributed by atoms with E-state index in [1.165, 1.54) is 12.1 Å². The molecule has 1 aliphatic heterocycles. The number of methoxy groups -OCH3 is 1. The van der Waals surface area contributed by atoms with Crippen LogP contribution >= 0.6 is 0 Å². The fourth-order valence-electron chi connectivity index (χ4n) is 3.72. The molecule has 0 unspecified atom stereocenters. The number of benzene rings is 2. The summed E-state index contributed by atoms with van der Waals surface area (Å²) >= 11 is 0. The number of fused-ring (bicyclic) bond motifs is 1. The summed E-state index contributed by atoms with van der Waals surface area (Å²) in [7, 11) is 1.59. The van der Waals surface area contributed by atoms with Crippen LogP contribution in [0.15, 0.2) is 45.6 Å². The highest BCUT2D eigenvalue weighted by Gasteiger charge is 2.21. The molecule has 1 aromatic heterocycles. The molecule has 0 aliphatic carbocycles. The molecule has 3 aromatic rings. The van der Waals surface area contributed by atoms with Crippen LogP contribution in [0.2, 0.25) is 0 Å². The van der Waals surface area contributed by atoms with Crippen molar-refractivity contribution < 1.29 is 18.8 Å². The van der Waals surface area contributed by atoms with E-state index in [0.29, 0.717) is 53.4 Å². The maximum absolute atomic E-state index is 13.1. The first-order valence-corrected chi connectivity index (χ1v) is 9.68. The van der Waals surface area contributed by atoms with Gasteiger partial charge >= 0.3 is 0 Å². The van der Waals surface area contributed by atoms with Crippen molar-refractivity contribution in [1.29, 1.82) is 0 Å². The summed E-state index contributed by atoms with van der Waals surface area (Å²) in [4.78, 5) is 25.8. The second-order valence-electron chi connectivity index (χ2n) is 7.20. The van der Waals surface area contributed by atoms with Crippen molar-refractivity contribution >= 4 is 16.7 Å². The molecule has 0 atom stereocenters. The monoisotopic (exact) mass is 410 g/mol. The Labute approximate surface area is 172 Å². The number of nitro benzene ring substituents is 1. The highest BCUT2D eigenvalue weighted by Crippen LogP contribution is 2.33. The van der Waals surface area contributed by atoms with Crippen LogP contribution in [0, 0.1) is 17.0 Å². The van der Waals surface area contributed by atoms with Crippen LogP contribution < -0.4 is 10.2 Å². The summed E-state index contributed by atoms with van der Waals surface area (Å²) in [5.74, 6) is 1.05. The number of morpholine rings is 1. The van der Waals surface area contributed by atoms with E-state index in [4.69, 9.17) is 13.9 Å². The molecular formula is C22H22N2O6. The third-order valence-electron chi connectivity index (χ3n) is 5.39. The molecule has 2 heterocycles. The number of nitrogens with zero attached hydrogens (tertiary/aromatic N) is 2. The van der Waals surface area contributed by atoms with Gasteiger partial charge in [0, 0.05) is 42.9 Å². The molecule has 8 nitrogen and oxygen atoms in total. The van der Waals surface area contributed by atoms with Crippen LogP contribution in [0.3, 0.4) is 0 Å². The number of hydrogen-bond donors (Lipinski definition) is 0. The van der Waals surface area contributed by atoms with Crippen molar-refractivity contribution in [1.82, 2.24) is 4.90 Å². The Morgan fingerprint density at radius 1 is 1.13 bits per heavy atom. The average molecular weight is 410 g/mol. The molecule has 1 saturated heterocycles. The molecule has 0 N–H and O–H groups in total. The Morgan fingerprint density at radius 2 is 1.83 bits per heavy atom. The van der Waals surface area contributed by atoms with Crippen LogP contribution in [0.4, 0.5) is 5.69 Å². The SMILES string of the molecule is COc1ccc2c(=O)c(C)c(-c3ccc([N+](=O)[O-])cc3)oc2c1CN1CCOCC1. The van der Waals surface area contributed by atoms with Gasteiger partial charge in [0.15, 0.2) is 5.43 Å². The van der Waals surface area contributed by atoms with Gasteiger partial charge in [0.05, 0.1) is 36.2 Å². The van der Waals surface area contributed by atoms with Crippen LogP contribution in [0.25, 0.3) is 22.3 Å². The normalized spacial score (nSPS) is 14.7. The molecule has 2 aromatic carbocycles. The summed E-state index contributed by atoms with van der Waals surface area (Å²) in [6.45, 7) is 5.15. The standard InChI is InChI=1S/C22H22N2O6/c1-14-20(25)17-7-8-19(28-2)18(13-23-9-11-29-12-10-23)22(17)30-21(14)15-3-5-16(6-4-15)24(26)27/h3-8H,9-13H2,1-2H3. The molecule has 156 valence electrons. The van der Waals surface area contributed by atoms with Crippen LogP contribution in [0.5, 0.6) is 5.75 Å². The van der Waals surface area contributed by atoms with Crippen molar-refractivity contribution in [2.75, 3.05) is 33.4 Å². The van der Waals surface area contributed by atoms with E-state index in [1.54, 1.807) is 38.3 Å². The molecule has 0 saturated carbocycles. The fourth-order valence-corrected chi connectivity index (χ4v) is 3.72. The maximum Gasteiger partial charge on any atom is 0.269 e. The molecule has 0 spiro atoms. The van der Waals surface area contributed by atoms with Gasteiger partial charge in [-0.2, -0.15) is 0 Å². The Bertz CT molecular complexity index is 1150. The summed E-state index contributed by atoms with van der Waals surface area (Å²) in [6.07, 6.45) is 0. The maximum atomic E-state index is 13.1. The van der Waals surface area contributed by atoms with Gasteiger partial charge in [0.25, 0.3) is 5.69 Å². The molecule has 0 radical (unpaired) electrons. The van der Waals surface area contributed by atoms with Gasteiger partial charge in [-0.1, -0.05) is 0 Å². The number of nitro groups is 1. The lowest BCUT2D eigenvalue weighted by Gasteiger charge is -2.27. The molecule has 1 fully saturated rings. The van der Waals surface area contributed by atoms with E-state index in [0.717, 1.165) is 18.7 Å². The molecule has 0 amide bonds. The van der Waals surface area contributed by atoms with Gasteiger partial charge in [-0.3, -0.25) is 19.8 Å². The zero-order valence-electron chi connectivity index (χ0n) is 16.8. The lowest BCUT2D eigenvalue weighted by atomic mass is 10.0. The quantitative estimate of drug-likeness (QED) is 0.469. The number of hydrogen-bond acceptors (Lipinski definition) is 7. The third kappa shape index (κ3) is 3.67. The van der Waals surface area contributed by atoms with Crippen molar-refractivity contribution in [2.45, 2.75) is 13.5 Å². The molecule has 1 aliphatic rings. The largest absolute Gasteiger partial charge is 0.496 e. The Kier molecular flexibility index (Phi) is 5.52. The molecule has 30 heavy (non-hydrogen) atoms. The molecule has 4 rings (SSSR count). The topological polar surface area (TPSA) is 95.0 Å². The van der Waals surface area contributed by atoms with E-state index in [2.05, 4.69) is 4.90 Å². The van der Waals surface area contributed by atoms with Gasteiger partial charge in [0.2, 0.25) is 0 Å². The number of ether oxygens (including phenoxy) is 2. The van der Waals surface area contributed by atoms with Crippen LogP contribution in [-0.2, 0) is 11.3 Å². The number of rotatable bonds is 5. The zero-order chi connectivity index (χ0) is 21.3. The van der Waals surface area contributed by atoms with E-state index in [-0.39, 0.29) is 11.1 Å². The van der Waals surface area contributed by atoms with Crippen molar-refractivity contribution in [3.8, 4) is 17.1 Å². The second kappa shape index (κ2) is 8.25. The summed E-state index contributed by atoms with van der Waals surface area (Å²) < 4.78 is 17.3. The van der Waals surface area contributed by atoms with Gasteiger partial charge in [-0.15, -0.1) is 0 Å². The van der Waals surface area contributed by atoms with E-state index in [9.17, 15) is 14.9 Å². The molecular weight excluding hydrogens is 388 g/mol. The first-order valence-electron chi connectivity index (χ1n) is 9.68. The van der Waals surface area contributed by atoms with Crippen molar-refractivity contribution in [3.05, 3.63) is 67.9 Å². The third-order valence-corrected chi connectivity index (χ3v) is 5.39. The predicted octanol–water partition coefficient (Wildman–Crippen LogP) is 3.52. The Morgan fingerprint density at radius 3 is 2.47 bits per heavy atom. The molecule has 8 heteroatoms. The summed E-state index contributed by atoms with van der Waals surface area (Å²) in [6, 6.07) is 9.50. The zero-order valence-corrected chi connectivity index (χ0v) is 16.8. The minimum atomic E-state index is -0.460. The Hall–Kier alpha value is -3.23. The summed E-state index contributed by atoms with van der Waals surface area (Å²) in [5.41, 5.74) is 2.20. The number of non-ortho nitro benzene ring substituents is 1. The van der Waals surface area contributed by atoms with Gasteiger partial charge in [0.1, 0.15) is 17.1 Å². The fraction of sp³-hybridized carbons (Fsp3) is 0.318. The lowest BCUT2D eigenvalue weighted by Crippen LogP contribution is -2.35. The smallest absolute Gasteiger partial charge is 0.269 e. The van der Waals surface area contributed by atoms with Gasteiger partial charge in [-0.05, 0) is 31.2 Å². The second-order valence-corrected chi connectivity index (χ2v) is 7.20. The predicted molar refractivity (Wildman–Crippen MR) is 112 cm³/mol. The van der Waals surface area contributed by atoms with E-state index < -0.39 is 4.92 Å². The molecule has 0 bridgehead atoms. The van der Waals surface area contributed by atoms with Crippen LogP contribution in [-0.4, -0.2) is 43.2 Å². The average Bonchev–Trinajstić information content (AvgIpc) is 2.77. The highest BCUT2D eigenvalue weighted by atomic mass is 16.6. The lowest BCUT2D eigenvalue weighted by molar-refractivity contribution is -0.384. The van der Waals surface area contributed by atoms with E-state index in [1.807, 2.05) is 0 Å².